The maximum Gasteiger partial charge on any atom is 0.306 e. The lowest BCUT2D eigenvalue weighted by Gasteiger charge is -2.52. The zero-order chi connectivity index (χ0) is 16.2. The van der Waals surface area contributed by atoms with Gasteiger partial charge in [-0.2, -0.15) is 0 Å². The van der Waals surface area contributed by atoms with Gasteiger partial charge in [-0.15, -0.1) is 0 Å². The molecule has 0 aromatic carbocycles. The van der Waals surface area contributed by atoms with Crippen molar-refractivity contribution >= 4 is 5.97 Å². The van der Waals surface area contributed by atoms with E-state index in [0.29, 0.717) is 18.9 Å². The first-order chi connectivity index (χ1) is 10.4. The average molecular weight is 306 g/mol. The van der Waals surface area contributed by atoms with E-state index in [-0.39, 0.29) is 17.2 Å². The Hall–Kier alpha value is -1.09. The smallest absolute Gasteiger partial charge is 0.306 e. The van der Waals surface area contributed by atoms with Crippen molar-refractivity contribution in [2.75, 3.05) is 6.61 Å². The Bertz CT molecular complexity index is 465. The van der Waals surface area contributed by atoms with Crippen molar-refractivity contribution in [1.82, 2.24) is 0 Å². The summed E-state index contributed by atoms with van der Waals surface area (Å²) < 4.78 is 11.6. The molecular formula is C19H30O3. The highest BCUT2D eigenvalue weighted by molar-refractivity contribution is 5.69. The van der Waals surface area contributed by atoms with Gasteiger partial charge in [-0.05, 0) is 58.4 Å². The van der Waals surface area contributed by atoms with E-state index in [1.165, 1.54) is 6.42 Å². The van der Waals surface area contributed by atoms with Gasteiger partial charge in [0.1, 0.15) is 6.61 Å². The third kappa shape index (κ3) is 4.22. The van der Waals surface area contributed by atoms with Gasteiger partial charge in [-0.25, -0.2) is 0 Å². The van der Waals surface area contributed by atoms with Crippen LogP contribution in [0.2, 0.25) is 0 Å². The molecular weight excluding hydrogens is 276 g/mol. The fraction of sp³-hybridized carbons (Fsp3) is 0.737. The number of esters is 1. The van der Waals surface area contributed by atoms with Crippen molar-refractivity contribution in [1.29, 1.82) is 0 Å². The molecule has 0 radical (unpaired) electrons. The predicted octanol–water partition coefficient (Wildman–Crippen LogP) is 4.57. The lowest BCUT2D eigenvalue weighted by Crippen LogP contribution is -2.52. The molecule has 0 spiro atoms. The molecule has 0 saturated carbocycles. The second-order valence-corrected chi connectivity index (χ2v) is 7.23. The van der Waals surface area contributed by atoms with E-state index in [1.54, 1.807) is 0 Å². The van der Waals surface area contributed by atoms with Crippen molar-refractivity contribution in [3.8, 4) is 0 Å². The van der Waals surface area contributed by atoms with E-state index >= 15 is 0 Å². The van der Waals surface area contributed by atoms with Crippen molar-refractivity contribution in [2.45, 2.75) is 77.4 Å². The zero-order valence-electron chi connectivity index (χ0n) is 14.5. The molecule has 0 aromatic heterocycles. The molecule has 0 N–H and O–H groups in total. The topological polar surface area (TPSA) is 35.5 Å². The van der Waals surface area contributed by atoms with Crippen LogP contribution in [0.4, 0.5) is 0 Å². The number of hydrogen-bond acceptors (Lipinski definition) is 3. The molecule has 3 aliphatic rings. The van der Waals surface area contributed by atoms with Crippen molar-refractivity contribution in [3.63, 3.8) is 0 Å². The van der Waals surface area contributed by atoms with Crippen molar-refractivity contribution in [3.05, 3.63) is 23.8 Å². The maximum absolute atomic E-state index is 11.4. The van der Waals surface area contributed by atoms with Gasteiger partial charge in [0.05, 0.1) is 11.2 Å². The van der Waals surface area contributed by atoms with Crippen molar-refractivity contribution < 1.29 is 14.3 Å². The minimum absolute atomic E-state index is 0.0581. The molecule has 1 aliphatic carbocycles. The van der Waals surface area contributed by atoms with Gasteiger partial charge in [0, 0.05) is 12.3 Å². The second kappa shape index (κ2) is 6.99. The van der Waals surface area contributed by atoms with Crippen LogP contribution in [0.5, 0.6) is 0 Å². The van der Waals surface area contributed by atoms with Crippen LogP contribution in [0, 0.1) is 5.92 Å². The van der Waals surface area contributed by atoms with Gasteiger partial charge in [0.2, 0.25) is 0 Å². The first-order valence-electron chi connectivity index (χ1n) is 8.58. The summed E-state index contributed by atoms with van der Waals surface area (Å²) in [7, 11) is 0. The molecule has 0 amide bonds. The molecule has 3 unspecified atom stereocenters. The molecule has 3 nitrogen and oxygen atoms in total. The summed E-state index contributed by atoms with van der Waals surface area (Å²) in [5.41, 5.74) is 0.991. The van der Waals surface area contributed by atoms with E-state index in [2.05, 4.69) is 32.1 Å². The molecule has 2 bridgehead atoms. The number of rotatable bonds is 7. The normalized spacial score (nSPS) is 34.0. The number of ether oxygens (including phenoxy) is 2. The molecule has 3 heteroatoms. The minimum atomic E-state index is -0.104. The molecule has 0 aromatic rings. The number of carbonyl (C=O) groups is 1. The summed E-state index contributed by atoms with van der Waals surface area (Å²) >= 11 is 0. The molecule has 2 heterocycles. The Morgan fingerprint density at radius 3 is 2.82 bits per heavy atom. The lowest BCUT2D eigenvalue weighted by atomic mass is 9.71. The highest BCUT2D eigenvalue weighted by Crippen LogP contribution is 2.47. The number of allylic oxidation sites excluding steroid dienone is 1. The zero-order valence-corrected chi connectivity index (χ0v) is 14.5. The Balaban J connectivity index is 1.79. The summed E-state index contributed by atoms with van der Waals surface area (Å²) in [4.78, 5) is 11.4. The molecule has 1 saturated heterocycles. The summed E-state index contributed by atoms with van der Waals surface area (Å²) in [5, 5.41) is 0. The predicted molar refractivity (Wildman–Crippen MR) is 88.6 cm³/mol. The highest BCUT2D eigenvalue weighted by Gasteiger charge is 2.47. The Morgan fingerprint density at radius 1 is 1.45 bits per heavy atom. The third-order valence-corrected chi connectivity index (χ3v) is 4.93. The Kier molecular flexibility index (Phi) is 5.49. The second-order valence-electron chi connectivity index (χ2n) is 7.23. The number of carbonyl (C=O) groups excluding carboxylic acids is 1. The van der Waals surface area contributed by atoms with Crippen LogP contribution < -0.4 is 0 Å². The number of hydrogen-bond donors (Lipinski definition) is 0. The van der Waals surface area contributed by atoms with Crippen LogP contribution in [-0.2, 0) is 14.3 Å². The van der Waals surface area contributed by atoms with Gasteiger partial charge in [0.25, 0.3) is 0 Å². The van der Waals surface area contributed by atoms with E-state index in [0.717, 1.165) is 31.3 Å². The SMILES string of the molecule is CCCC(=O)OCC(C)=CCCC1(C)OC2(C)C=CC1CC2. The van der Waals surface area contributed by atoms with Gasteiger partial charge in [0.15, 0.2) is 0 Å². The summed E-state index contributed by atoms with van der Waals surface area (Å²) in [6.45, 7) is 8.85. The first kappa shape index (κ1) is 17.3. The summed E-state index contributed by atoms with van der Waals surface area (Å²) in [5.74, 6) is 0.429. The van der Waals surface area contributed by atoms with Crippen LogP contribution in [-0.4, -0.2) is 23.8 Å². The van der Waals surface area contributed by atoms with Gasteiger partial charge in [-0.1, -0.05) is 25.2 Å². The standard InChI is InChI=1S/C19H30O3/c1-5-7-17(20)21-14-15(2)8-6-11-19(4)16-9-12-18(3,22-19)13-10-16/h8-9,12,16H,5-7,10-11,13-14H2,1-4H3. The quantitative estimate of drug-likeness (QED) is 0.510. The van der Waals surface area contributed by atoms with Gasteiger partial charge >= 0.3 is 5.97 Å². The largest absolute Gasteiger partial charge is 0.461 e. The van der Waals surface area contributed by atoms with Crippen LogP contribution in [0.25, 0.3) is 0 Å². The minimum Gasteiger partial charge on any atom is -0.461 e. The summed E-state index contributed by atoms with van der Waals surface area (Å²) in [6.07, 6.45) is 12.4. The monoisotopic (exact) mass is 306 g/mol. The first-order valence-corrected chi connectivity index (χ1v) is 8.58. The van der Waals surface area contributed by atoms with Crippen molar-refractivity contribution in [2.24, 2.45) is 5.92 Å². The molecule has 2 aliphatic heterocycles. The summed E-state index contributed by atoms with van der Waals surface area (Å²) in [6, 6.07) is 0. The highest BCUT2D eigenvalue weighted by atomic mass is 16.5. The fourth-order valence-electron chi connectivity index (χ4n) is 3.51. The third-order valence-electron chi connectivity index (χ3n) is 4.93. The van der Waals surface area contributed by atoms with Gasteiger partial charge < -0.3 is 9.47 Å². The average Bonchev–Trinajstić information content (AvgIpc) is 2.45. The van der Waals surface area contributed by atoms with Crippen LogP contribution >= 0.6 is 0 Å². The van der Waals surface area contributed by atoms with Gasteiger partial charge in [-0.3, -0.25) is 4.79 Å². The molecule has 3 rings (SSSR count). The van der Waals surface area contributed by atoms with E-state index in [4.69, 9.17) is 9.47 Å². The molecule has 22 heavy (non-hydrogen) atoms. The van der Waals surface area contributed by atoms with Crippen LogP contribution in [0.3, 0.4) is 0 Å². The van der Waals surface area contributed by atoms with Crippen LogP contribution in [0.15, 0.2) is 23.8 Å². The van der Waals surface area contributed by atoms with E-state index in [1.807, 2.05) is 13.8 Å². The Labute approximate surface area is 134 Å². The molecule has 1 fully saturated rings. The number of fused-ring (bicyclic) bond motifs is 2. The Morgan fingerprint density at radius 2 is 2.23 bits per heavy atom. The van der Waals surface area contributed by atoms with Crippen LogP contribution in [0.1, 0.15) is 66.2 Å². The lowest BCUT2D eigenvalue weighted by molar-refractivity contribution is -0.184. The van der Waals surface area contributed by atoms with E-state index < -0.39 is 0 Å². The fourth-order valence-corrected chi connectivity index (χ4v) is 3.51. The maximum atomic E-state index is 11.4. The molecule has 3 atom stereocenters. The molecule has 124 valence electrons. The van der Waals surface area contributed by atoms with E-state index in [9.17, 15) is 4.79 Å².